The second-order valence-corrected chi connectivity index (χ2v) is 8.50. The Morgan fingerprint density at radius 2 is 1.89 bits per heavy atom. The quantitative estimate of drug-likeness (QED) is 0.727. The first-order valence-electron chi connectivity index (χ1n) is 9.52. The van der Waals surface area contributed by atoms with Gasteiger partial charge in [0.1, 0.15) is 17.7 Å². The van der Waals surface area contributed by atoms with Gasteiger partial charge >= 0.3 is 12.1 Å². The third-order valence-corrected chi connectivity index (χ3v) is 5.33. The molecule has 0 spiro atoms. The van der Waals surface area contributed by atoms with Crippen molar-refractivity contribution < 1.29 is 29.0 Å². The number of hydrogen-bond acceptors (Lipinski definition) is 6. The minimum absolute atomic E-state index is 0.120. The van der Waals surface area contributed by atoms with Crippen LogP contribution in [0.1, 0.15) is 40.0 Å². The molecule has 0 bridgehead atoms. The summed E-state index contributed by atoms with van der Waals surface area (Å²) in [6, 6.07) is -1.57. The number of rotatable bonds is 3. The van der Waals surface area contributed by atoms with Crippen LogP contribution in [0.3, 0.4) is 0 Å². The number of carbonyl (C=O) groups is 3. The number of hydrogen-bond donors (Lipinski definition) is 2. The average molecular weight is 383 g/mol. The highest BCUT2D eigenvalue weighted by molar-refractivity contribution is 5.90. The van der Waals surface area contributed by atoms with Crippen LogP contribution in [0.25, 0.3) is 0 Å². The summed E-state index contributed by atoms with van der Waals surface area (Å²) in [5.74, 6) is -1.34. The van der Waals surface area contributed by atoms with Crippen molar-refractivity contribution >= 4 is 18.0 Å². The SMILES string of the molecule is CC(C)(C)OC(=O)N[C@H]1CN(C2COC2)CC[C@H]2CC[C@@H](C(=O)O)N2C1=O. The second-order valence-electron chi connectivity index (χ2n) is 8.50. The lowest BCUT2D eigenvalue weighted by atomic mass is 10.0. The van der Waals surface area contributed by atoms with Crippen molar-refractivity contribution in [2.24, 2.45) is 0 Å². The van der Waals surface area contributed by atoms with E-state index in [0.717, 1.165) is 13.0 Å². The van der Waals surface area contributed by atoms with Gasteiger partial charge in [-0.2, -0.15) is 0 Å². The Kier molecular flexibility index (Phi) is 5.62. The van der Waals surface area contributed by atoms with Gasteiger partial charge in [0, 0.05) is 19.1 Å². The van der Waals surface area contributed by atoms with E-state index in [1.165, 1.54) is 4.90 Å². The number of nitrogens with one attached hydrogen (secondary N) is 1. The monoisotopic (exact) mass is 383 g/mol. The Bertz CT molecular complexity index is 600. The Balaban J connectivity index is 1.79. The van der Waals surface area contributed by atoms with Gasteiger partial charge in [-0.15, -0.1) is 0 Å². The maximum atomic E-state index is 13.2. The van der Waals surface area contributed by atoms with Gasteiger partial charge in [0.25, 0.3) is 0 Å². The van der Waals surface area contributed by atoms with Crippen LogP contribution >= 0.6 is 0 Å². The molecule has 3 rings (SSSR count). The minimum Gasteiger partial charge on any atom is -0.480 e. The fraction of sp³-hybridized carbons (Fsp3) is 0.833. The number of carbonyl (C=O) groups excluding carboxylic acids is 2. The number of nitrogens with zero attached hydrogens (tertiary/aromatic N) is 2. The molecule has 0 aliphatic carbocycles. The van der Waals surface area contributed by atoms with Gasteiger partial charge in [-0.3, -0.25) is 9.69 Å². The molecular weight excluding hydrogens is 354 g/mol. The maximum absolute atomic E-state index is 13.2. The van der Waals surface area contributed by atoms with E-state index in [1.807, 2.05) is 0 Å². The molecule has 3 aliphatic heterocycles. The molecule has 2 amide bonds. The number of alkyl carbamates (subject to hydrolysis) is 1. The zero-order chi connectivity index (χ0) is 19.8. The molecule has 9 heteroatoms. The summed E-state index contributed by atoms with van der Waals surface area (Å²) in [4.78, 5) is 40.7. The first kappa shape index (κ1) is 19.9. The van der Waals surface area contributed by atoms with Crippen molar-refractivity contribution in [3.8, 4) is 0 Å². The summed E-state index contributed by atoms with van der Waals surface area (Å²) >= 11 is 0. The Morgan fingerprint density at radius 1 is 1.19 bits per heavy atom. The molecule has 27 heavy (non-hydrogen) atoms. The van der Waals surface area contributed by atoms with Crippen molar-refractivity contribution in [1.82, 2.24) is 15.1 Å². The Labute approximate surface area is 159 Å². The average Bonchev–Trinajstić information content (AvgIpc) is 2.90. The van der Waals surface area contributed by atoms with Gasteiger partial charge in [-0.25, -0.2) is 9.59 Å². The van der Waals surface area contributed by atoms with Crippen molar-refractivity contribution in [2.75, 3.05) is 26.3 Å². The van der Waals surface area contributed by atoms with E-state index in [0.29, 0.717) is 32.6 Å². The fourth-order valence-corrected chi connectivity index (χ4v) is 3.96. The van der Waals surface area contributed by atoms with E-state index < -0.39 is 29.7 Å². The van der Waals surface area contributed by atoms with Crippen LogP contribution in [0.15, 0.2) is 0 Å². The topological polar surface area (TPSA) is 108 Å². The number of fused-ring (bicyclic) bond motifs is 1. The van der Waals surface area contributed by atoms with Crippen LogP contribution in [0.2, 0.25) is 0 Å². The first-order chi connectivity index (χ1) is 12.7. The second kappa shape index (κ2) is 7.63. The van der Waals surface area contributed by atoms with Crippen molar-refractivity contribution in [2.45, 2.75) is 69.8 Å². The lowest BCUT2D eigenvalue weighted by Gasteiger charge is -2.43. The van der Waals surface area contributed by atoms with Crippen LogP contribution in [-0.4, -0.2) is 88.9 Å². The number of ether oxygens (including phenoxy) is 2. The van der Waals surface area contributed by atoms with E-state index in [2.05, 4.69) is 10.2 Å². The predicted molar refractivity (Wildman–Crippen MR) is 95.2 cm³/mol. The molecule has 0 aromatic carbocycles. The summed E-state index contributed by atoms with van der Waals surface area (Å²) in [6.45, 7) is 7.53. The van der Waals surface area contributed by atoms with E-state index in [-0.39, 0.29) is 18.0 Å². The van der Waals surface area contributed by atoms with Gasteiger partial charge < -0.3 is 24.8 Å². The molecule has 3 aliphatic rings. The molecular formula is C18H29N3O6. The van der Waals surface area contributed by atoms with E-state index in [9.17, 15) is 19.5 Å². The normalized spacial score (nSPS) is 30.1. The summed E-state index contributed by atoms with van der Waals surface area (Å²) in [5, 5.41) is 12.2. The van der Waals surface area contributed by atoms with Crippen LogP contribution in [-0.2, 0) is 19.1 Å². The van der Waals surface area contributed by atoms with Gasteiger partial charge in [0.2, 0.25) is 5.91 Å². The zero-order valence-corrected chi connectivity index (χ0v) is 16.1. The highest BCUT2D eigenvalue weighted by Gasteiger charge is 2.46. The summed E-state index contributed by atoms with van der Waals surface area (Å²) in [5.41, 5.74) is -0.684. The van der Waals surface area contributed by atoms with Gasteiger partial charge in [-0.05, 0) is 40.0 Å². The third-order valence-electron chi connectivity index (χ3n) is 5.33. The minimum atomic E-state index is -0.994. The molecule has 3 fully saturated rings. The molecule has 0 aromatic rings. The molecule has 0 radical (unpaired) electrons. The first-order valence-corrected chi connectivity index (χ1v) is 9.52. The number of carboxylic acid groups (broad SMARTS) is 1. The molecule has 3 atom stereocenters. The Hall–Kier alpha value is -1.87. The van der Waals surface area contributed by atoms with E-state index in [4.69, 9.17) is 9.47 Å². The number of carboxylic acids is 1. The van der Waals surface area contributed by atoms with Crippen molar-refractivity contribution in [3.63, 3.8) is 0 Å². The third kappa shape index (κ3) is 4.52. The van der Waals surface area contributed by atoms with Crippen LogP contribution < -0.4 is 5.32 Å². The Morgan fingerprint density at radius 3 is 2.44 bits per heavy atom. The standard InChI is InChI=1S/C18H29N3O6/c1-18(2,3)27-17(25)19-13-8-20(12-9-26-10-12)7-6-11-4-5-14(16(23)24)21(11)15(13)22/h11-14H,4-10H2,1-3H3,(H,19,25)(H,23,24)/t11-,13+,14+/m1/s1. The molecule has 0 aromatic heterocycles. The maximum Gasteiger partial charge on any atom is 0.408 e. The molecule has 3 heterocycles. The number of aliphatic carboxylic acids is 1. The fourth-order valence-electron chi connectivity index (χ4n) is 3.96. The van der Waals surface area contributed by atoms with E-state index in [1.54, 1.807) is 20.8 Å². The molecule has 0 unspecified atom stereocenters. The van der Waals surface area contributed by atoms with E-state index >= 15 is 0 Å². The highest BCUT2D eigenvalue weighted by Crippen LogP contribution is 2.30. The summed E-state index contributed by atoms with van der Waals surface area (Å²) in [6.07, 6.45) is 1.16. The van der Waals surface area contributed by atoms with Crippen molar-refractivity contribution in [3.05, 3.63) is 0 Å². The smallest absolute Gasteiger partial charge is 0.408 e. The van der Waals surface area contributed by atoms with Crippen molar-refractivity contribution in [1.29, 1.82) is 0 Å². The van der Waals surface area contributed by atoms with Gasteiger partial charge in [-0.1, -0.05) is 0 Å². The molecule has 152 valence electrons. The summed E-state index contributed by atoms with van der Waals surface area (Å²) < 4.78 is 10.6. The molecule has 3 saturated heterocycles. The predicted octanol–water partition coefficient (Wildman–Crippen LogP) is 0.428. The largest absolute Gasteiger partial charge is 0.480 e. The molecule has 0 saturated carbocycles. The zero-order valence-electron chi connectivity index (χ0n) is 16.1. The van der Waals surface area contributed by atoms with Crippen LogP contribution in [0.4, 0.5) is 4.79 Å². The lowest BCUT2D eigenvalue weighted by molar-refractivity contribution is -0.152. The van der Waals surface area contributed by atoms with Gasteiger partial charge in [0.05, 0.1) is 19.3 Å². The van der Waals surface area contributed by atoms with Crippen LogP contribution in [0.5, 0.6) is 0 Å². The van der Waals surface area contributed by atoms with Crippen LogP contribution in [0, 0.1) is 0 Å². The number of amides is 2. The summed E-state index contributed by atoms with van der Waals surface area (Å²) in [7, 11) is 0. The molecule has 2 N–H and O–H groups in total. The highest BCUT2D eigenvalue weighted by atomic mass is 16.6. The molecule has 9 nitrogen and oxygen atoms in total. The lowest BCUT2D eigenvalue weighted by Crippen LogP contribution is -2.63. The van der Waals surface area contributed by atoms with Gasteiger partial charge in [0.15, 0.2) is 0 Å².